The van der Waals surface area contributed by atoms with Crippen LogP contribution in [0.5, 0.6) is 0 Å². The summed E-state index contributed by atoms with van der Waals surface area (Å²) in [4.78, 5) is 16.4. The summed E-state index contributed by atoms with van der Waals surface area (Å²) in [6, 6.07) is 7.12. The first-order valence-corrected chi connectivity index (χ1v) is 6.51. The van der Waals surface area contributed by atoms with Crippen LogP contribution in [0.4, 0.5) is 0 Å². The van der Waals surface area contributed by atoms with Crippen molar-refractivity contribution in [2.24, 2.45) is 0 Å². The Balaban J connectivity index is 2.23. The Kier molecular flexibility index (Phi) is 4.71. The molecule has 1 heterocycles. The molecule has 0 fully saturated rings. The van der Waals surface area contributed by atoms with Gasteiger partial charge >= 0.3 is 0 Å². The highest BCUT2D eigenvalue weighted by Gasteiger charge is 2.14. The molecule has 0 aliphatic carbocycles. The van der Waals surface area contributed by atoms with Crippen molar-refractivity contribution in [2.75, 3.05) is 19.8 Å². The summed E-state index contributed by atoms with van der Waals surface area (Å²) in [6.45, 7) is 3.49. The normalized spacial score (nSPS) is 10.6. The third-order valence-corrected chi connectivity index (χ3v) is 3.01. The summed E-state index contributed by atoms with van der Waals surface area (Å²) in [5, 5.41) is 3.97. The number of aromatic nitrogens is 1. The lowest BCUT2D eigenvalue weighted by Crippen LogP contribution is -2.27. The number of nitrogens with zero attached hydrogens (tertiary/aromatic N) is 1. The lowest BCUT2D eigenvalue weighted by molar-refractivity contribution is 0.0924. The zero-order chi connectivity index (χ0) is 13.7. The van der Waals surface area contributed by atoms with E-state index in [4.69, 9.17) is 16.3 Å². The van der Waals surface area contributed by atoms with Crippen LogP contribution in [-0.4, -0.2) is 30.6 Å². The van der Waals surface area contributed by atoms with E-state index in [2.05, 4.69) is 10.3 Å². The van der Waals surface area contributed by atoms with Crippen LogP contribution in [0, 0.1) is 0 Å². The zero-order valence-electron chi connectivity index (χ0n) is 10.6. The van der Waals surface area contributed by atoms with Gasteiger partial charge in [0.25, 0.3) is 5.91 Å². The first-order chi connectivity index (χ1) is 9.24. The quantitative estimate of drug-likeness (QED) is 0.856. The molecule has 0 unspecified atom stereocenters. The summed E-state index contributed by atoms with van der Waals surface area (Å²) in [5.41, 5.74) is 1.21. The molecule has 100 valence electrons. The lowest BCUT2D eigenvalue weighted by atomic mass is 10.1. The smallest absolute Gasteiger partial charge is 0.253 e. The standard InChI is InChI=1S/C14H15ClN2O2/c1-2-19-9-8-17-14(18)13-10-4-3-7-16-12(10)6-5-11(13)15/h3-7H,2,8-9H2,1H3,(H,17,18). The van der Waals surface area contributed by atoms with Crippen molar-refractivity contribution in [2.45, 2.75) is 6.92 Å². The summed E-state index contributed by atoms with van der Waals surface area (Å²) in [7, 11) is 0. The van der Waals surface area contributed by atoms with E-state index >= 15 is 0 Å². The Morgan fingerprint density at radius 2 is 2.26 bits per heavy atom. The van der Waals surface area contributed by atoms with Gasteiger partial charge in [-0.05, 0) is 25.1 Å². The molecular formula is C14H15ClN2O2. The van der Waals surface area contributed by atoms with E-state index in [-0.39, 0.29) is 5.91 Å². The maximum atomic E-state index is 12.2. The van der Waals surface area contributed by atoms with Crippen molar-refractivity contribution < 1.29 is 9.53 Å². The molecule has 0 saturated heterocycles. The van der Waals surface area contributed by atoms with E-state index in [9.17, 15) is 4.79 Å². The maximum absolute atomic E-state index is 12.2. The first kappa shape index (κ1) is 13.8. The molecule has 5 heteroatoms. The monoisotopic (exact) mass is 278 g/mol. The second kappa shape index (κ2) is 6.50. The molecule has 1 N–H and O–H groups in total. The Morgan fingerprint density at radius 1 is 1.42 bits per heavy atom. The predicted octanol–water partition coefficient (Wildman–Crippen LogP) is 2.65. The fraction of sp³-hybridized carbons (Fsp3) is 0.286. The van der Waals surface area contributed by atoms with Crippen molar-refractivity contribution >= 4 is 28.4 Å². The molecule has 4 nitrogen and oxygen atoms in total. The molecule has 0 radical (unpaired) electrons. The minimum atomic E-state index is -0.205. The van der Waals surface area contributed by atoms with Gasteiger partial charge < -0.3 is 10.1 Å². The van der Waals surface area contributed by atoms with Gasteiger partial charge in [0.2, 0.25) is 0 Å². The van der Waals surface area contributed by atoms with Gasteiger partial charge in [0.15, 0.2) is 0 Å². The van der Waals surface area contributed by atoms with Gasteiger partial charge in [0.1, 0.15) is 0 Å². The molecule has 0 spiro atoms. The molecule has 1 aromatic carbocycles. The molecule has 0 atom stereocenters. The third-order valence-electron chi connectivity index (χ3n) is 2.70. The Labute approximate surface area is 116 Å². The highest BCUT2D eigenvalue weighted by molar-refractivity contribution is 6.35. The number of carbonyl (C=O) groups excluding carboxylic acids is 1. The molecule has 0 aliphatic heterocycles. The maximum Gasteiger partial charge on any atom is 0.253 e. The first-order valence-electron chi connectivity index (χ1n) is 6.13. The molecule has 0 bridgehead atoms. The van der Waals surface area contributed by atoms with Crippen LogP contribution < -0.4 is 5.32 Å². The molecule has 0 saturated carbocycles. The van der Waals surface area contributed by atoms with Crippen LogP contribution in [-0.2, 0) is 4.74 Å². The van der Waals surface area contributed by atoms with Crippen molar-refractivity contribution in [3.63, 3.8) is 0 Å². The number of rotatable bonds is 5. The second-order valence-electron chi connectivity index (χ2n) is 3.95. The number of nitrogens with one attached hydrogen (secondary N) is 1. The molecule has 2 aromatic rings. The van der Waals surface area contributed by atoms with Crippen LogP contribution in [0.25, 0.3) is 10.9 Å². The van der Waals surface area contributed by atoms with E-state index in [1.807, 2.05) is 13.0 Å². The second-order valence-corrected chi connectivity index (χ2v) is 4.35. The van der Waals surface area contributed by atoms with Gasteiger partial charge in [0, 0.05) is 24.7 Å². The fourth-order valence-corrected chi connectivity index (χ4v) is 2.08. The van der Waals surface area contributed by atoms with Crippen molar-refractivity contribution in [3.05, 3.63) is 41.0 Å². The molecule has 0 aliphatic rings. The number of amides is 1. The van der Waals surface area contributed by atoms with E-state index < -0.39 is 0 Å². The molecule has 19 heavy (non-hydrogen) atoms. The van der Waals surface area contributed by atoms with Crippen LogP contribution in [0.1, 0.15) is 17.3 Å². The Morgan fingerprint density at radius 3 is 3.05 bits per heavy atom. The molecule has 1 amide bonds. The summed E-state index contributed by atoms with van der Waals surface area (Å²) < 4.78 is 5.18. The Bertz CT molecular complexity index is 587. The van der Waals surface area contributed by atoms with Gasteiger partial charge in [-0.3, -0.25) is 9.78 Å². The van der Waals surface area contributed by atoms with Gasteiger partial charge in [-0.15, -0.1) is 0 Å². The summed E-state index contributed by atoms with van der Waals surface area (Å²) >= 11 is 6.12. The number of halogens is 1. The predicted molar refractivity (Wildman–Crippen MR) is 75.6 cm³/mol. The van der Waals surface area contributed by atoms with Crippen molar-refractivity contribution in [3.8, 4) is 0 Å². The largest absolute Gasteiger partial charge is 0.380 e. The number of hydrogen-bond acceptors (Lipinski definition) is 3. The average molecular weight is 279 g/mol. The van der Waals surface area contributed by atoms with Gasteiger partial charge in [-0.2, -0.15) is 0 Å². The Hall–Kier alpha value is -1.65. The minimum absolute atomic E-state index is 0.205. The SMILES string of the molecule is CCOCCNC(=O)c1c(Cl)ccc2ncccc12. The highest BCUT2D eigenvalue weighted by Crippen LogP contribution is 2.24. The van der Waals surface area contributed by atoms with Crippen molar-refractivity contribution in [1.82, 2.24) is 10.3 Å². The van der Waals surface area contributed by atoms with E-state index in [1.165, 1.54) is 0 Å². The third kappa shape index (κ3) is 3.22. The zero-order valence-corrected chi connectivity index (χ0v) is 11.4. The number of ether oxygens (including phenoxy) is 1. The number of pyridine rings is 1. The van der Waals surface area contributed by atoms with Crippen LogP contribution in [0.2, 0.25) is 5.02 Å². The lowest BCUT2D eigenvalue weighted by Gasteiger charge is -2.09. The summed E-state index contributed by atoms with van der Waals surface area (Å²) in [5.74, 6) is -0.205. The number of benzene rings is 1. The van der Waals surface area contributed by atoms with E-state index in [1.54, 1.807) is 24.4 Å². The average Bonchev–Trinajstić information content (AvgIpc) is 2.43. The number of fused-ring (bicyclic) bond motifs is 1. The van der Waals surface area contributed by atoms with Crippen LogP contribution >= 0.6 is 11.6 Å². The van der Waals surface area contributed by atoms with Crippen LogP contribution in [0.15, 0.2) is 30.5 Å². The van der Waals surface area contributed by atoms with Gasteiger partial charge in [-0.25, -0.2) is 0 Å². The van der Waals surface area contributed by atoms with Crippen molar-refractivity contribution in [1.29, 1.82) is 0 Å². The summed E-state index contributed by atoms with van der Waals surface area (Å²) in [6.07, 6.45) is 1.69. The fourth-order valence-electron chi connectivity index (χ4n) is 1.83. The number of hydrogen-bond donors (Lipinski definition) is 1. The molecule has 1 aromatic heterocycles. The van der Waals surface area contributed by atoms with Gasteiger partial charge in [0.05, 0.1) is 22.7 Å². The number of carbonyl (C=O) groups is 1. The minimum Gasteiger partial charge on any atom is -0.380 e. The van der Waals surface area contributed by atoms with E-state index in [0.717, 1.165) is 10.9 Å². The van der Waals surface area contributed by atoms with E-state index in [0.29, 0.717) is 30.3 Å². The molecular weight excluding hydrogens is 264 g/mol. The molecule has 2 rings (SSSR count). The van der Waals surface area contributed by atoms with Gasteiger partial charge in [-0.1, -0.05) is 17.7 Å². The highest BCUT2D eigenvalue weighted by atomic mass is 35.5. The van der Waals surface area contributed by atoms with Crippen LogP contribution in [0.3, 0.4) is 0 Å². The topological polar surface area (TPSA) is 51.2 Å².